The molecular formula is C6H6N6O. The van der Waals surface area contributed by atoms with Crippen LogP contribution in [0.4, 0.5) is 5.82 Å². The molecule has 1 amide bonds. The molecule has 2 aromatic rings. The summed E-state index contributed by atoms with van der Waals surface area (Å²) in [6.07, 6.45) is 2.80. The lowest BCUT2D eigenvalue weighted by molar-refractivity contribution is 0.101. The molecule has 2 rings (SSSR count). The number of H-pyrrole nitrogens is 2. The summed E-state index contributed by atoms with van der Waals surface area (Å²) in [6, 6.07) is 1.63. The van der Waals surface area contributed by atoms with Gasteiger partial charge in [0.1, 0.15) is 12.1 Å². The molecule has 0 unspecified atom stereocenters. The number of carbonyl (C=O) groups is 1. The van der Waals surface area contributed by atoms with Gasteiger partial charge in [-0.1, -0.05) is 0 Å². The molecular weight excluding hydrogens is 172 g/mol. The number of rotatable bonds is 2. The molecule has 0 bridgehead atoms. The lowest BCUT2D eigenvalue weighted by Crippen LogP contribution is -2.13. The highest BCUT2D eigenvalue weighted by Crippen LogP contribution is 1.99. The van der Waals surface area contributed by atoms with Crippen molar-refractivity contribution in [1.29, 1.82) is 0 Å². The standard InChI is InChI=1S/C6H6N6O/c13-6(5-7-3-9-12-5)10-4-1-2-8-11-4/h1-3H,(H,7,9,12)(H2,8,10,11,13). The summed E-state index contributed by atoms with van der Waals surface area (Å²) in [4.78, 5) is 15.0. The van der Waals surface area contributed by atoms with E-state index in [2.05, 4.69) is 30.7 Å². The molecule has 0 saturated heterocycles. The lowest BCUT2D eigenvalue weighted by atomic mass is 10.5. The van der Waals surface area contributed by atoms with E-state index in [0.29, 0.717) is 5.82 Å². The maximum absolute atomic E-state index is 11.3. The van der Waals surface area contributed by atoms with E-state index in [4.69, 9.17) is 0 Å². The van der Waals surface area contributed by atoms with E-state index in [9.17, 15) is 4.79 Å². The van der Waals surface area contributed by atoms with Crippen LogP contribution in [0.3, 0.4) is 0 Å². The number of nitrogens with one attached hydrogen (secondary N) is 3. The predicted octanol–water partition coefficient (Wildman–Crippen LogP) is -0.220. The van der Waals surface area contributed by atoms with Crippen LogP contribution in [-0.2, 0) is 0 Å². The number of nitrogens with zero attached hydrogens (tertiary/aromatic N) is 3. The Morgan fingerprint density at radius 1 is 1.38 bits per heavy atom. The van der Waals surface area contributed by atoms with Gasteiger partial charge in [0.2, 0.25) is 5.82 Å². The molecule has 0 saturated carbocycles. The Labute approximate surface area is 72.6 Å². The third kappa shape index (κ3) is 1.53. The smallest absolute Gasteiger partial charge is 0.294 e. The first-order valence-electron chi connectivity index (χ1n) is 3.52. The van der Waals surface area contributed by atoms with E-state index >= 15 is 0 Å². The third-order valence-electron chi connectivity index (χ3n) is 1.38. The van der Waals surface area contributed by atoms with Gasteiger partial charge in [-0.15, -0.1) is 0 Å². The molecule has 7 nitrogen and oxygen atoms in total. The zero-order valence-corrected chi connectivity index (χ0v) is 6.48. The number of hydrogen-bond acceptors (Lipinski definition) is 4. The summed E-state index contributed by atoms with van der Waals surface area (Å²) in [6.45, 7) is 0. The first-order chi connectivity index (χ1) is 6.36. The molecule has 2 aromatic heterocycles. The predicted molar refractivity (Wildman–Crippen MR) is 42.9 cm³/mol. The highest BCUT2D eigenvalue weighted by molar-refractivity contribution is 6.00. The highest BCUT2D eigenvalue weighted by atomic mass is 16.2. The Morgan fingerprint density at radius 3 is 2.92 bits per heavy atom. The number of hydrogen-bond donors (Lipinski definition) is 3. The van der Waals surface area contributed by atoms with Crippen molar-refractivity contribution in [3.8, 4) is 0 Å². The van der Waals surface area contributed by atoms with Crippen LogP contribution in [0.25, 0.3) is 0 Å². The van der Waals surface area contributed by atoms with E-state index in [-0.39, 0.29) is 11.7 Å². The fourth-order valence-electron chi connectivity index (χ4n) is 0.822. The molecule has 66 valence electrons. The van der Waals surface area contributed by atoms with Crippen LogP contribution < -0.4 is 5.32 Å². The lowest BCUT2D eigenvalue weighted by Gasteiger charge is -1.96. The van der Waals surface area contributed by atoms with Crippen molar-refractivity contribution in [3.63, 3.8) is 0 Å². The first kappa shape index (κ1) is 7.47. The zero-order valence-electron chi connectivity index (χ0n) is 6.48. The summed E-state index contributed by atoms with van der Waals surface area (Å²) < 4.78 is 0. The Bertz CT molecular complexity index is 377. The highest BCUT2D eigenvalue weighted by Gasteiger charge is 2.08. The van der Waals surface area contributed by atoms with Gasteiger partial charge in [0.05, 0.1) is 6.20 Å². The molecule has 0 fully saturated rings. The Morgan fingerprint density at radius 2 is 2.31 bits per heavy atom. The molecule has 13 heavy (non-hydrogen) atoms. The number of amides is 1. The summed E-state index contributed by atoms with van der Waals surface area (Å²) in [5.74, 6) is 0.317. The van der Waals surface area contributed by atoms with Gasteiger partial charge in [-0.05, 0) is 0 Å². The fraction of sp³-hybridized carbons (Fsp3) is 0. The van der Waals surface area contributed by atoms with Crippen molar-refractivity contribution in [2.75, 3.05) is 5.32 Å². The molecule has 0 aromatic carbocycles. The van der Waals surface area contributed by atoms with Crippen molar-refractivity contribution in [3.05, 3.63) is 24.4 Å². The summed E-state index contributed by atoms with van der Waals surface area (Å²) in [5.41, 5.74) is 0. The molecule has 0 spiro atoms. The Balaban J connectivity index is 2.08. The van der Waals surface area contributed by atoms with Crippen molar-refractivity contribution < 1.29 is 4.79 Å². The topological polar surface area (TPSA) is 99.3 Å². The summed E-state index contributed by atoms with van der Waals surface area (Å²) >= 11 is 0. The SMILES string of the molecule is O=C(Nc1ccn[nH]1)c1ncn[nH]1. The maximum Gasteiger partial charge on any atom is 0.294 e. The average molecular weight is 178 g/mol. The van der Waals surface area contributed by atoms with Crippen molar-refractivity contribution in [2.45, 2.75) is 0 Å². The van der Waals surface area contributed by atoms with Gasteiger partial charge in [0.25, 0.3) is 5.91 Å². The van der Waals surface area contributed by atoms with E-state index in [0.717, 1.165) is 0 Å². The number of anilines is 1. The van der Waals surface area contributed by atoms with Crippen molar-refractivity contribution >= 4 is 11.7 Å². The Kier molecular flexibility index (Phi) is 1.75. The molecule has 0 radical (unpaired) electrons. The quantitative estimate of drug-likeness (QED) is 0.591. The zero-order chi connectivity index (χ0) is 9.10. The largest absolute Gasteiger partial charge is 0.304 e. The van der Waals surface area contributed by atoms with Crippen LogP contribution in [0.2, 0.25) is 0 Å². The van der Waals surface area contributed by atoms with Gasteiger partial charge in [-0.2, -0.15) is 10.2 Å². The second-order valence-electron chi connectivity index (χ2n) is 2.26. The van der Waals surface area contributed by atoms with Crippen molar-refractivity contribution in [2.24, 2.45) is 0 Å². The third-order valence-corrected chi connectivity index (χ3v) is 1.38. The second kappa shape index (κ2) is 3.05. The molecule has 7 heteroatoms. The van der Waals surface area contributed by atoms with Crippen LogP contribution >= 0.6 is 0 Å². The van der Waals surface area contributed by atoms with Crippen LogP contribution in [0.5, 0.6) is 0 Å². The number of carbonyl (C=O) groups excluding carboxylic acids is 1. The van der Waals surface area contributed by atoms with Crippen LogP contribution in [0.1, 0.15) is 10.6 Å². The Hall–Kier alpha value is -2.18. The normalized spacial score (nSPS) is 9.85. The van der Waals surface area contributed by atoms with Crippen LogP contribution in [0, 0.1) is 0 Å². The van der Waals surface area contributed by atoms with Crippen molar-refractivity contribution in [1.82, 2.24) is 25.4 Å². The molecule has 0 atom stereocenters. The molecule has 3 N–H and O–H groups in total. The minimum absolute atomic E-state index is 0.162. The van der Waals surface area contributed by atoms with Gasteiger partial charge in [-0.25, -0.2) is 4.98 Å². The van der Waals surface area contributed by atoms with Gasteiger partial charge in [0, 0.05) is 6.07 Å². The number of aromatic nitrogens is 5. The molecule has 0 aliphatic rings. The average Bonchev–Trinajstić information content (AvgIpc) is 2.74. The second-order valence-corrected chi connectivity index (χ2v) is 2.26. The van der Waals surface area contributed by atoms with Gasteiger partial charge >= 0.3 is 0 Å². The summed E-state index contributed by atoms with van der Waals surface area (Å²) in [7, 11) is 0. The molecule has 0 aliphatic carbocycles. The van der Waals surface area contributed by atoms with E-state index in [1.165, 1.54) is 12.5 Å². The van der Waals surface area contributed by atoms with Gasteiger partial charge < -0.3 is 5.32 Å². The van der Waals surface area contributed by atoms with Gasteiger partial charge in [-0.3, -0.25) is 15.0 Å². The summed E-state index contributed by atoms with van der Waals surface area (Å²) in [5, 5.41) is 14.8. The molecule has 2 heterocycles. The first-order valence-corrected chi connectivity index (χ1v) is 3.52. The minimum Gasteiger partial charge on any atom is -0.304 e. The van der Waals surface area contributed by atoms with E-state index in [1.807, 2.05) is 0 Å². The van der Waals surface area contributed by atoms with E-state index in [1.54, 1.807) is 6.07 Å². The fourth-order valence-corrected chi connectivity index (χ4v) is 0.822. The number of aromatic amines is 2. The molecule has 0 aliphatic heterocycles. The van der Waals surface area contributed by atoms with Crippen LogP contribution in [0.15, 0.2) is 18.6 Å². The monoisotopic (exact) mass is 178 g/mol. The maximum atomic E-state index is 11.3. The van der Waals surface area contributed by atoms with E-state index < -0.39 is 0 Å². The van der Waals surface area contributed by atoms with Gasteiger partial charge in [0.15, 0.2) is 0 Å². The van der Waals surface area contributed by atoms with Crippen LogP contribution in [-0.4, -0.2) is 31.3 Å². The minimum atomic E-state index is -0.359.